The SMILES string of the molecule is NC(CC(=O)NC1C2Cc3ccccc3C21)c1ccccc1. The normalized spacial score (nSPS) is 26.0. The van der Waals surface area contributed by atoms with Gasteiger partial charge in [-0.25, -0.2) is 0 Å². The van der Waals surface area contributed by atoms with Crippen LogP contribution in [0.25, 0.3) is 0 Å². The summed E-state index contributed by atoms with van der Waals surface area (Å²) in [4.78, 5) is 12.2. The van der Waals surface area contributed by atoms with E-state index in [0.29, 0.717) is 24.3 Å². The number of amides is 1. The van der Waals surface area contributed by atoms with Crippen molar-refractivity contribution in [2.45, 2.75) is 30.8 Å². The lowest BCUT2D eigenvalue weighted by Crippen LogP contribution is -2.31. The number of hydrogen-bond donors (Lipinski definition) is 2. The molecule has 4 unspecified atom stereocenters. The van der Waals surface area contributed by atoms with Gasteiger partial charge in [-0.3, -0.25) is 4.79 Å². The minimum absolute atomic E-state index is 0.0632. The van der Waals surface area contributed by atoms with E-state index in [1.807, 2.05) is 30.3 Å². The van der Waals surface area contributed by atoms with Gasteiger partial charge in [0.1, 0.15) is 0 Å². The summed E-state index contributed by atoms with van der Waals surface area (Å²) in [5, 5.41) is 3.18. The molecule has 0 spiro atoms. The summed E-state index contributed by atoms with van der Waals surface area (Å²) in [6.45, 7) is 0. The molecule has 112 valence electrons. The Morgan fingerprint density at radius 2 is 1.86 bits per heavy atom. The maximum atomic E-state index is 12.2. The molecule has 2 aliphatic rings. The Kier molecular flexibility index (Phi) is 3.23. The second kappa shape index (κ2) is 5.25. The highest BCUT2D eigenvalue weighted by atomic mass is 16.1. The zero-order valence-corrected chi connectivity index (χ0v) is 12.4. The van der Waals surface area contributed by atoms with Gasteiger partial charge in [0.05, 0.1) is 0 Å². The van der Waals surface area contributed by atoms with Crippen LogP contribution in [0.5, 0.6) is 0 Å². The molecule has 0 radical (unpaired) electrons. The average Bonchev–Trinajstić information content (AvgIpc) is 3.05. The van der Waals surface area contributed by atoms with Gasteiger partial charge in [-0.05, 0) is 29.0 Å². The minimum Gasteiger partial charge on any atom is -0.352 e. The first kappa shape index (κ1) is 13.5. The third-order valence-corrected chi connectivity index (χ3v) is 5.00. The molecular formula is C19H20N2O. The molecule has 3 nitrogen and oxygen atoms in total. The monoisotopic (exact) mass is 292 g/mol. The Morgan fingerprint density at radius 3 is 2.68 bits per heavy atom. The van der Waals surface area contributed by atoms with Gasteiger partial charge < -0.3 is 11.1 Å². The van der Waals surface area contributed by atoms with Gasteiger partial charge in [-0.2, -0.15) is 0 Å². The number of hydrogen-bond acceptors (Lipinski definition) is 2. The van der Waals surface area contributed by atoms with Gasteiger partial charge >= 0.3 is 0 Å². The van der Waals surface area contributed by atoms with E-state index < -0.39 is 0 Å². The summed E-state index contributed by atoms with van der Waals surface area (Å²) < 4.78 is 0. The number of carbonyl (C=O) groups excluding carboxylic acids is 1. The molecule has 1 fully saturated rings. The Labute approximate surface area is 130 Å². The zero-order valence-electron chi connectivity index (χ0n) is 12.4. The molecule has 4 rings (SSSR count). The summed E-state index contributed by atoms with van der Waals surface area (Å²) in [6.07, 6.45) is 1.44. The van der Waals surface area contributed by atoms with Crippen molar-refractivity contribution in [1.82, 2.24) is 5.32 Å². The summed E-state index contributed by atoms with van der Waals surface area (Å²) in [6, 6.07) is 18.5. The predicted molar refractivity (Wildman–Crippen MR) is 86.3 cm³/mol. The number of benzene rings is 2. The summed E-state index contributed by atoms with van der Waals surface area (Å²) >= 11 is 0. The third-order valence-electron chi connectivity index (χ3n) is 5.00. The first-order valence-electron chi connectivity index (χ1n) is 7.92. The van der Waals surface area contributed by atoms with Gasteiger partial charge in [-0.1, -0.05) is 54.6 Å². The summed E-state index contributed by atoms with van der Waals surface area (Å²) in [5.41, 5.74) is 10.0. The zero-order chi connectivity index (χ0) is 15.1. The number of nitrogens with two attached hydrogens (primary N) is 1. The van der Waals surface area contributed by atoms with Gasteiger partial charge in [0, 0.05) is 24.4 Å². The Hall–Kier alpha value is -2.13. The van der Waals surface area contributed by atoms with Crippen LogP contribution in [0.4, 0.5) is 0 Å². The molecule has 2 aliphatic carbocycles. The first-order valence-corrected chi connectivity index (χ1v) is 7.92. The molecule has 0 heterocycles. The number of carbonyl (C=O) groups is 1. The maximum Gasteiger partial charge on any atom is 0.222 e. The molecule has 1 saturated carbocycles. The molecule has 2 aromatic carbocycles. The first-order chi connectivity index (χ1) is 10.7. The number of nitrogens with one attached hydrogen (secondary N) is 1. The van der Waals surface area contributed by atoms with E-state index in [1.54, 1.807) is 0 Å². The van der Waals surface area contributed by atoms with Crippen LogP contribution in [-0.4, -0.2) is 11.9 Å². The number of fused-ring (bicyclic) bond motifs is 3. The van der Waals surface area contributed by atoms with Crippen molar-refractivity contribution in [1.29, 1.82) is 0 Å². The van der Waals surface area contributed by atoms with Crippen LogP contribution in [0, 0.1) is 5.92 Å². The van der Waals surface area contributed by atoms with Crippen molar-refractivity contribution in [3.8, 4) is 0 Å². The van der Waals surface area contributed by atoms with Gasteiger partial charge in [0.2, 0.25) is 5.91 Å². The van der Waals surface area contributed by atoms with Crippen LogP contribution in [0.15, 0.2) is 54.6 Å². The van der Waals surface area contributed by atoms with Crippen LogP contribution in [0.3, 0.4) is 0 Å². The molecule has 0 aliphatic heterocycles. The maximum absolute atomic E-state index is 12.2. The van der Waals surface area contributed by atoms with Gasteiger partial charge in [-0.15, -0.1) is 0 Å². The molecule has 4 atom stereocenters. The highest BCUT2D eigenvalue weighted by molar-refractivity contribution is 5.78. The van der Waals surface area contributed by atoms with Crippen molar-refractivity contribution in [3.63, 3.8) is 0 Å². The standard InChI is InChI=1S/C19H20N2O/c20-16(12-6-2-1-3-7-12)11-17(22)21-19-15-10-13-8-4-5-9-14(13)18(15)19/h1-9,15-16,18-19H,10-11,20H2,(H,21,22). The van der Waals surface area contributed by atoms with Crippen molar-refractivity contribution in [3.05, 3.63) is 71.3 Å². The average molecular weight is 292 g/mol. The van der Waals surface area contributed by atoms with Crippen molar-refractivity contribution < 1.29 is 4.79 Å². The van der Waals surface area contributed by atoms with E-state index in [2.05, 4.69) is 29.6 Å². The van der Waals surface area contributed by atoms with Crippen molar-refractivity contribution in [2.24, 2.45) is 11.7 Å². The Morgan fingerprint density at radius 1 is 1.14 bits per heavy atom. The molecule has 3 heteroatoms. The molecule has 3 N–H and O–H groups in total. The second-order valence-electron chi connectivity index (χ2n) is 6.41. The van der Waals surface area contributed by atoms with Crippen LogP contribution in [0.2, 0.25) is 0 Å². The second-order valence-corrected chi connectivity index (χ2v) is 6.41. The molecular weight excluding hydrogens is 272 g/mol. The number of rotatable bonds is 4. The smallest absolute Gasteiger partial charge is 0.222 e. The summed E-state index contributed by atoms with van der Waals surface area (Å²) in [5.74, 6) is 1.18. The Bertz CT molecular complexity index is 698. The van der Waals surface area contributed by atoms with E-state index in [1.165, 1.54) is 11.1 Å². The van der Waals surface area contributed by atoms with E-state index in [9.17, 15) is 4.79 Å². The quantitative estimate of drug-likeness (QED) is 0.910. The molecule has 0 aromatic heterocycles. The van der Waals surface area contributed by atoms with Crippen LogP contribution < -0.4 is 11.1 Å². The van der Waals surface area contributed by atoms with Gasteiger partial charge in [0.25, 0.3) is 0 Å². The highest BCUT2D eigenvalue weighted by Gasteiger charge is 2.56. The third kappa shape index (κ3) is 2.32. The van der Waals surface area contributed by atoms with Crippen molar-refractivity contribution >= 4 is 5.91 Å². The molecule has 1 amide bonds. The fourth-order valence-electron chi connectivity index (χ4n) is 3.81. The van der Waals surface area contributed by atoms with E-state index in [0.717, 1.165) is 12.0 Å². The largest absolute Gasteiger partial charge is 0.352 e. The van der Waals surface area contributed by atoms with Crippen LogP contribution in [0.1, 0.15) is 35.1 Å². The molecule has 22 heavy (non-hydrogen) atoms. The van der Waals surface area contributed by atoms with Gasteiger partial charge in [0.15, 0.2) is 0 Å². The van der Waals surface area contributed by atoms with E-state index >= 15 is 0 Å². The Balaban J connectivity index is 1.35. The topological polar surface area (TPSA) is 55.1 Å². The van der Waals surface area contributed by atoms with Crippen LogP contribution in [-0.2, 0) is 11.2 Å². The molecule has 0 bridgehead atoms. The minimum atomic E-state index is -0.230. The lowest BCUT2D eigenvalue weighted by molar-refractivity contribution is -0.121. The molecule has 2 aromatic rings. The lowest BCUT2D eigenvalue weighted by Gasteiger charge is -2.13. The van der Waals surface area contributed by atoms with E-state index in [4.69, 9.17) is 5.73 Å². The van der Waals surface area contributed by atoms with Crippen molar-refractivity contribution in [2.75, 3.05) is 0 Å². The fraction of sp³-hybridized carbons (Fsp3) is 0.316. The molecule has 0 saturated heterocycles. The predicted octanol–water partition coefficient (Wildman–Crippen LogP) is 2.53. The van der Waals surface area contributed by atoms with E-state index in [-0.39, 0.29) is 11.9 Å². The summed E-state index contributed by atoms with van der Waals surface area (Å²) in [7, 11) is 0. The highest BCUT2D eigenvalue weighted by Crippen LogP contribution is 2.56. The lowest BCUT2D eigenvalue weighted by atomic mass is 10.0. The van der Waals surface area contributed by atoms with Crippen LogP contribution >= 0.6 is 0 Å². The fourth-order valence-corrected chi connectivity index (χ4v) is 3.81.